The molecule has 7 heteroatoms. The minimum absolute atomic E-state index is 0.0639. The average molecular weight is 267 g/mol. The van der Waals surface area contributed by atoms with E-state index >= 15 is 0 Å². The highest BCUT2D eigenvalue weighted by Crippen LogP contribution is 2.35. The van der Waals surface area contributed by atoms with Crippen molar-refractivity contribution in [1.29, 1.82) is 0 Å². The first-order valence-electron chi connectivity index (χ1n) is 6.58. The van der Waals surface area contributed by atoms with Crippen LogP contribution < -0.4 is 5.73 Å². The van der Waals surface area contributed by atoms with E-state index in [1.165, 1.54) is 6.34 Å². The first-order valence-corrected chi connectivity index (χ1v) is 6.58. The van der Waals surface area contributed by atoms with Gasteiger partial charge in [-0.3, -0.25) is 4.99 Å². The lowest BCUT2D eigenvalue weighted by atomic mass is 9.99. The van der Waals surface area contributed by atoms with E-state index in [4.69, 9.17) is 10.5 Å². The lowest BCUT2D eigenvalue weighted by molar-refractivity contribution is -0.0526. The van der Waals surface area contributed by atoms with Crippen LogP contribution in [-0.2, 0) is 4.74 Å². The van der Waals surface area contributed by atoms with Crippen LogP contribution in [0, 0.1) is 5.92 Å². The number of ether oxygens (including phenoxy) is 1. The van der Waals surface area contributed by atoms with E-state index in [2.05, 4.69) is 15.0 Å². The number of amidine groups is 1. The second-order valence-electron chi connectivity index (χ2n) is 5.17. The average Bonchev–Trinajstić information content (AvgIpc) is 2.94. The summed E-state index contributed by atoms with van der Waals surface area (Å²) < 4.78 is 20.2. The molecule has 0 saturated carbocycles. The van der Waals surface area contributed by atoms with Crippen LogP contribution in [0.3, 0.4) is 0 Å². The number of rotatable bonds is 2. The Morgan fingerprint density at radius 3 is 2.95 bits per heavy atom. The van der Waals surface area contributed by atoms with Crippen molar-refractivity contribution < 1.29 is 9.13 Å². The summed E-state index contributed by atoms with van der Waals surface area (Å²) in [4.78, 5) is 14.1. The van der Waals surface area contributed by atoms with Gasteiger partial charge in [-0.25, -0.2) is 14.4 Å². The molecule has 2 N–H and O–H groups in total. The van der Waals surface area contributed by atoms with Crippen molar-refractivity contribution in [1.82, 2.24) is 4.90 Å². The van der Waals surface area contributed by atoms with Gasteiger partial charge in [-0.05, 0) is 6.42 Å². The van der Waals surface area contributed by atoms with Crippen molar-refractivity contribution in [3.8, 4) is 0 Å². The van der Waals surface area contributed by atoms with Crippen LogP contribution in [0.25, 0.3) is 0 Å². The van der Waals surface area contributed by atoms with E-state index in [9.17, 15) is 4.39 Å². The van der Waals surface area contributed by atoms with Crippen LogP contribution in [0.2, 0.25) is 0 Å². The molecule has 3 rings (SSSR count). The van der Waals surface area contributed by atoms with Crippen LogP contribution in [-0.4, -0.2) is 54.1 Å². The monoisotopic (exact) mass is 267 g/mol. The standard InChI is InChI=1S/C12H18FN5O/c1-3-7-6(2)8(13)12(19-7)18-5-17-9-10(14)15-4-16-11(9)18/h4-9,11-12H,3H2,1-2H3,(H2,14,15,16)/t6-,7-,8-,9?,11?,12-/m1/s1. The van der Waals surface area contributed by atoms with Crippen molar-refractivity contribution in [3.05, 3.63) is 0 Å². The molecule has 0 aromatic carbocycles. The zero-order chi connectivity index (χ0) is 13.6. The lowest BCUT2D eigenvalue weighted by Crippen LogP contribution is -2.50. The van der Waals surface area contributed by atoms with E-state index in [0.29, 0.717) is 5.84 Å². The number of hydrogen-bond acceptors (Lipinski definition) is 6. The maximum atomic E-state index is 14.4. The fourth-order valence-electron chi connectivity index (χ4n) is 2.85. The minimum atomic E-state index is -1.05. The van der Waals surface area contributed by atoms with Crippen LogP contribution in [0.5, 0.6) is 0 Å². The minimum Gasteiger partial charge on any atom is -0.385 e. The van der Waals surface area contributed by atoms with Gasteiger partial charge in [0.2, 0.25) is 0 Å². The largest absolute Gasteiger partial charge is 0.385 e. The van der Waals surface area contributed by atoms with Gasteiger partial charge in [0.15, 0.2) is 12.4 Å². The van der Waals surface area contributed by atoms with Gasteiger partial charge in [0.05, 0.1) is 12.4 Å². The first kappa shape index (κ1) is 12.5. The third-order valence-electron chi connectivity index (χ3n) is 4.05. The Hall–Kier alpha value is -1.50. The molecule has 6 nitrogen and oxygen atoms in total. The van der Waals surface area contributed by atoms with Gasteiger partial charge in [-0.15, -0.1) is 0 Å². The molecule has 2 unspecified atom stereocenters. The highest BCUT2D eigenvalue weighted by Gasteiger charge is 2.49. The normalized spacial score (nSPS) is 44.6. The third-order valence-corrected chi connectivity index (χ3v) is 4.05. The van der Waals surface area contributed by atoms with Gasteiger partial charge < -0.3 is 15.4 Å². The van der Waals surface area contributed by atoms with E-state index in [1.54, 1.807) is 11.2 Å². The van der Waals surface area contributed by atoms with Gasteiger partial charge in [0, 0.05) is 5.92 Å². The molecule has 3 heterocycles. The highest BCUT2D eigenvalue weighted by atomic mass is 19.1. The summed E-state index contributed by atoms with van der Waals surface area (Å²) in [5, 5.41) is 0. The van der Waals surface area contributed by atoms with E-state index in [-0.39, 0.29) is 24.2 Å². The summed E-state index contributed by atoms with van der Waals surface area (Å²) in [7, 11) is 0. The number of aliphatic imine (C=N–C) groups is 3. The van der Waals surface area contributed by atoms with Crippen LogP contribution >= 0.6 is 0 Å². The summed E-state index contributed by atoms with van der Waals surface area (Å²) in [5.74, 6) is 0.285. The lowest BCUT2D eigenvalue weighted by Gasteiger charge is -2.31. The molecule has 104 valence electrons. The molecule has 0 spiro atoms. The molecule has 1 fully saturated rings. The highest BCUT2D eigenvalue weighted by molar-refractivity contribution is 5.96. The Morgan fingerprint density at radius 1 is 1.47 bits per heavy atom. The van der Waals surface area contributed by atoms with E-state index in [1.807, 2.05) is 13.8 Å². The SMILES string of the molecule is CC[C@H]1O[C@@H](N2C=NC3C(N)=NC=NC32)[C@H](F)[C@@H]1C. The van der Waals surface area contributed by atoms with Crippen molar-refractivity contribution >= 4 is 18.5 Å². The molecule has 0 radical (unpaired) electrons. The molecule has 0 aromatic heterocycles. The van der Waals surface area contributed by atoms with Gasteiger partial charge in [-0.2, -0.15) is 0 Å². The van der Waals surface area contributed by atoms with Crippen LogP contribution in [0.1, 0.15) is 20.3 Å². The molecule has 3 aliphatic rings. The summed E-state index contributed by atoms with van der Waals surface area (Å²) >= 11 is 0. The first-order chi connectivity index (χ1) is 9.13. The number of nitrogens with two attached hydrogens (primary N) is 1. The van der Waals surface area contributed by atoms with E-state index < -0.39 is 12.4 Å². The van der Waals surface area contributed by atoms with Crippen LogP contribution in [0.15, 0.2) is 15.0 Å². The zero-order valence-electron chi connectivity index (χ0n) is 11.0. The molecule has 0 bridgehead atoms. The molecule has 0 aliphatic carbocycles. The zero-order valence-corrected chi connectivity index (χ0v) is 11.0. The molecule has 3 aliphatic heterocycles. The Balaban J connectivity index is 1.80. The Kier molecular flexibility index (Phi) is 3.00. The van der Waals surface area contributed by atoms with Gasteiger partial charge in [-0.1, -0.05) is 13.8 Å². The summed E-state index contributed by atoms with van der Waals surface area (Å²) in [6.45, 7) is 3.88. The second kappa shape index (κ2) is 4.56. The number of alkyl halides is 1. The van der Waals surface area contributed by atoms with Crippen molar-refractivity contribution in [2.24, 2.45) is 26.6 Å². The maximum Gasteiger partial charge on any atom is 0.164 e. The third kappa shape index (κ3) is 1.83. The molecule has 0 aromatic rings. The number of nitrogens with zero attached hydrogens (tertiary/aromatic N) is 4. The molecule has 0 amide bonds. The fourth-order valence-corrected chi connectivity index (χ4v) is 2.85. The van der Waals surface area contributed by atoms with Crippen LogP contribution in [0.4, 0.5) is 4.39 Å². The fraction of sp³-hybridized carbons (Fsp3) is 0.750. The summed E-state index contributed by atoms with van der Waals surface area (Å²) in [5.41, 5.74) is 5.78. The molecule has 6 atom stereocenters. The quantitative estimate of drug-likeness (QED) is 0.793. The Morgan fingerprint density at radius 2 is 2.26 bits per heavy atom. The van der Waals surface area contributed by atoms with Gasteiger partial charge >= 0.3 is 0 Å². The van der Waals surface area contributed by atoms with E-state index in [0.717, 1.165) is 6.42 Å². The van der Waals surface area contributed by atoms with Gasteiger partial charge in [0.25, 0.3) is 0 Å². The summed E-state index contributed by atoms with van der Waals surface area (Å²) in [6.07, 6.45) is 1.70. The predicted octanol–water partition coefficient (Wildman–Crippen LogP) is 0.533. The van der Waals surface area contributed by atoms with Crippen molar-refractivity contribution in [2.75, 3.05) is 0 Å². The number of halogens is 1. The van der Waals surface area contributed by atoms with Crippen molar-refractivity contribution in [2.45, 2.75) is 51.0 Å². The molecular formula is C12H18FN5O. The Labute approximate surface area is 111 Å². The molecule has 19 heavy (non-hydrogen) atoms. The molecular weight excluding hydrogens is 249 g/mol. The number of fused-ring (bicyclic) bond motifs is 1. The van der Waals surface area contributed by atoms with Gasteiger partial charge in [0.1, 0.15) is 24.4 Å². The number of hydrogen-bond donors (Lipinski definition) is 1. The topological polar surface area (TPSA) is 75.6 Å². The summed E-state index contributed by atoms with van der Waals surface area (Å²) in [6, 6.07) is -0.322. The Bertz CT molecular complexity index is 451. The smallest absolute Gasteiger partial charge is 0.164 e. The molecule has 1 saturated heterocycles. The predicted molar refractivity (Wildman–Crippen MR) is 71.0 cm³/mol. The second-order valence-corrected chi connectivity index (χ2v) is 5.17. The maximum absolute atomic E-state index is 14.4. The van der Waals surface area contributed by atoms with Crippen molar-refractivity contribution in [3.63, 3.8) is 0 Å².